The van der Waals surface area contributed by atoms with Crippen LogP contribution in [0.25, 0.3) is 0 Å². The summed E-state index contributed by atoms with van der Waals surface area (Å²) in [5.41, 5.74) is 0.595. The summed E-state index contributed by atoms with van der Waals surface area (Å²) >= 11 is 0. The Balaban J connectivity index is 4.11. The van der Waals surface area contributed by atoms with Crippen LogP contribution < -0.4 is 0 Å². The molecule has 0 aliphatic rings. The standard InChI is InChI=1S/C9H16N2/c1-4-8(5-2)9(11)7(3)6-10/h7-8,11H,4-5H2,1-3H3. The lowest BCUT2D eigenvalue weighted by Gasteiger charge is -2.14. The van der Waals surface area contributed by atoms with Gasteiger partial charge >= 0.3 is 0 Å². The summed E-state index contributed by atoms with van der Waals surface area (Å²) in [6, 6.07) is 2.09. The minimum atomic E-state index is -0.208. The molecule has 0 aliphatic carbocycles. The molecule has 0 aromatic rings. The van der Waals surface area contributed by atoms with Crippen molar-refractivity contribution in [3.8, 4) is 6.07 Å². The van der Waals surface area contributed by atoms with E-state index >= 15 is 0 Å². The van der Waals surface area contributed by atoms with Crippen molar-refractivity contribution in [2.24, 2.45) is 11.8 Å². The van der Waals surface area contributed by atoms with Gasteiger partial charge in [0, 0.05) is 5.71 Å². The van der Waals surface area contributed by atoms with Crippen LogP contribution in [-0.2, 0) is 0 Å². The van der Waals surface area contributed by atoms with E-state index in [0.717, 1.165) is 12.8 Å². The van der Waals surface area contributed by atoms with E-state index in [1.54, 1.807) is 6.92 Å². The van der Waals surface area contributed by atoms with E-state index in [0.29, 0.717) is 11.6 Å². The summed E-state index contributed by atoms with van der Waals surface area (Å²) in [7, 11) is 0. The molecule has 0 amide bonds. The fourth-order valence-electron chi connectivity index (χ4n) is 1.15. The molecule has 0 saturated carbocycles. The summed E-state index contributed by atoms with van der Waals surface area (Å²) in [5, 5.41) is 16.2. The lowest BCUT2D eigenvalue weighted by Crippen LogP contribution is -2.18. The van der Waals surface area contributed by atoms with Gasteiger partial charge in [-0.05, 0) is 25.7 Å². The van der Waals surface area contributed by atoms with Crippen LogP contribution in [0.5, 0.6) is 0 Å². The second-order valence-electron chi connectivity index (χ2n) is 2.82. The smallest absolute Gasteiger partial charge is 0.0813 e. The molecule has 1 atom stereocenters. The quantitative estimate of drug-likeness (QED) is 0.618. The van der Waals surface area contributed by atoms with Crippen LogP contribution in [0, 0.1) is 28.6 Å². The van der Waals surface area contributed by atoms with Gasteiger partial charge in [-0.3, -0.25) is 0 Å². The fraction of sp³-hybridized carbons (Fsp3) is 0.778. The first kappa shape index (κ1) is 10.2. The molecule has 0 aliphatic heterocycles. The van der Waals surface area contributed by atoms with E-state index in [1.165, 1.54) is 0 Å². The van der Waals surface area contributed by atoms with E-state index in [2.05, 4.69) is 19.9 Å². The Kier molecular flexibility index (Phi) is 4.52. The van der Waals surface area contributed by atoms with Crippen molar-refractivity contribution < 1.29 is 0 Å². The maximum absolute atomic E-state index is 8.55. The van der Waals surface area contributed by atoms with Gasteiger partial charge < -0.3 is 5.41 Å². The van der Waals surface area contributed by atoms with Crippen molar-refractivity contribution in [1.82, 2.24) is 0 Å². The molecule has 0 aromatic heterocycles. The van der Waals surface area contributed by atoms with Crippen molar-refractivity contribution in [3.05, 3.63) is 0 Å². The molecule has 0 saturated heterocycles. The molecule has 0 rings (SSSR count). The highest BCUT2D eigenvalue weighted by atomic mass is 14.5. The number of nitrogens with zero attached hydrogens (tertiary/aromatic N) is 1. The second-order valence-corrected chi connectivity index (χ2v) is 2.82. The summed E-state index contributed by atoms with van der Waals surface area (Å²) < 4.78 is 0. The maximum atomic E-state index is 8.55. The van der Waals surface area contributed by atoms with Crippen molar-refractivity contribution in [2.45, 2.75) is 33.6 Å². The molecule has 0 spiro atoms. The molecular weight excluding hydrogens is 136 g/mol. The first-order valence-electron chi connectivity index (χ1n) is 4.15. The Morgan fingerprint density at radius 3 is 2.18 bits per heavy atom. The summed E-state index contributed by atoms with van der Waals surface area (Å²) in [5.74, 6) is 0.101. The Morgan fingerprint density at radius 1 is 1.45 bits per heavy atom. The molecule has 1 unspecified atom stereocenters. The maximum Gasteiger partial charge on any atom is 0.0813 e. The Labute approximate surface area is 68.7 Å². The van der Waals surface area contributed by atoms with Crippen LogP contribution in [0.1, 0.15) is 33.6 Å². The van der Waals surface area contributed by atoms with E-state index < -0.39 is 0 Å². The summed E-state index contributed by atoms with van der Waals surface area (Å²) in [6.07, 6.45) is 1.95. The number of nitriles is 1. The molecule has 2 nitrogen and oxygen atoms in total. The molecule has 1 N–H and O–H groups in total. The number of nitrogens with one attached hydrogen (secondary N) is 1. The third-order valence-corrected chi connectivity index (χ3v) is 2.09. The highest BCUT2D eigenvalue weighted by Gasteiger charge is 2.15. The zero-order chi connectivity index (χ0) is 8.85. The van der Waals surface area contributed by atoms with Crippen molar-refractivity contribution in [1.29, 1.82) is 10.7 Å². The molecular formula is C9H16N2. The molecule has 0 aromatic carbocycles. The van der Waals surface area contributed by atoms with Crippen molar-refractivity contribution in [3.63, 3.8) is 0 Å². The highest BCUT2D eigenvalue weighted by molar-refractivity contribution is 5.87. The SMILES string of the molecule is CCC(CC)C(=N)C(C)C#N. The van der Waals surface area contributed by atoms with Gasteiger partial charge in [0.15, 0.2) is 0 Å². The Morgan fingerprint density at radius 2 is 1.91 bits per heavy atom. The van der Waals surface area contributed by atoms with Gasteiger partial charge in [0.1, 0.15) is 0 Å². The Hall–Kier alpha value is -0.840. The largest absolute Gasteiger partial charge is 0.308 e. The summed E-state index contributed by atoms with van der Waals surface area (Å²) in [4.78, 5) is 0. The van der Waals surface area contributed by atoms with E-state index in [9.17, 15) is 0 Å². The molecule has 0 heterocycles. The monoisotopic (exact) mass is 152 g/mol. The van der Waals surface area contributed by atoms with Crippen LogP contribution in [0.2, 0.25) is 0 Å². The zero-order valence-electron chi connectivity index (χ0n) is 7.52. The summed E-state index contributed by atoms with van der Waals surface area (Å²) in [6.45, 7) is 5.92. The average molecular weight is 152 g/mol. The molecule has 0 fully saturated rings. The first-order chi connectivity index (χ1) is 5.17. The van der Waals surface area contributed by atoms with Crippen molar-refractivity contribution in [2.75, 3.05) is 0 Å². The normalized spacial score (nSPS) is 12.6. The minimum Gasteiger partial charge on any atom is -0.308 e. The minimum absolute atomic E-state index is 0.208. The molecule has 2 heteroatoms. The predicted octanol–water partition coefficient (Wildman–Crippen LogP) is 2.60. The Bertz CT molecular complexity index is 163. The van der Waals surface area contributed by atoms with Crippen LogP contribution in [0.4, 0.5) is 0 Å². The molecule has 0 bridgehead atoms. The van der Waals surface area contributed by atoms with Gasteiger partial charge in [-0.1, -0.05) is 13.8 Å². The van der Waals surface area contributed by atoms with E-state index in [-0.39, 0.29) is 5.92 Å². The lowest BCUT2D eigenvalue weighted by atomic mass is 9.90. The van der Waals surface area contributed by atoms with E-state index in [1.807, 2.05) is 0 Å². The van der Waals surface area contributed by atoms with E-state index in [4.69, 9.17) is 10.7 Å². The second kappa shape index (κ2) is 4.90. The number of hydrogen-bond acceptors (Lipinski definition) is 2. The number of hydrogen-bond donors (Lipinski definition) is 1. The molecule has 11 heavy (non-hydrogen) atoms. The average Bonchev–Trinajstić information content (AvgIpc) is 2.05. The zero-order valence-corrected chi connectivity index (χ0v) is 7.52. The van der Waals surface area contributed by atoms with Crippen LogP contribution in [-0.4, -0.2) is 5.71 Å². The lowest BCUT2D eigenvalue weighted by molar-refractivity contribution is 0.616. The first-order valence-corrected chi connectivity index (χ1v) is 4.15. The van der Waals surface area contributed by atoms with Gasteiger partial charge in [-0.2, -0.15) is 5.26 Å². The van der Waals surface area contributed by atoms with Gasteiger partial charge in [0.2, 0.25) is 0 Å². The third kappa shape index (κ3) is 2.71. The third-order valence-electron chi connectivity index (χ3n) is 2.09. The van der Waals surface area contributed by atoms with Crippen LogP contribution in [0.15, 0.2) is 0 Å². The van der Waals surface area contributed by atoms with Crippen LogP contribution in [0.3, 0.4) is 0 Å². The number of rotatable bonds is 4. The van der Waals surface area contributed by atoms with Gasteiger partial charge in [-0.25, -0.2) is 0 Å². The topological polar surface area (TPSA) is 47.6 Å². The fourth-order valence-corrected chi connectivity index (χ4v) is 1.15. The van der Waals surface area contributed by atoms with Gasteiger partial charge in [-0.15, -0.1) is 0 Å². The van der Waals surface area contributed by atoms with Gasteiger partial charge in [0.05, 0.1) is 12.0 Å². The van der Waals surface area contributed by atoms with Crippen molar-refractivity contribution >= 4 is 5.71 Å². The molecule has 62 valence electrons. The van der Waals surface area contributed by atoms with Crippen LogP contribution >= 0.6 is 0 Å². The highest BCUT2D eigenvalue weighted by Crippen LogP contribution is 2.14. The molecule has 0 radical (unpaired) electrons. The van der Waals surface area contributed by atoms with Gasteiger partial charge in [0.25, 0.3) is 0 Å². The predicted molar refractivity (Wildman–Crippen MR) is 46.6 cm³/mol.